The van der Waals surface area contributed by atoms with Gasteiger partial charge in [0.2, 0.25) is 0 Å². The molecule has 13 nitrogen and oxygen atoms in total. The molecular weight excluding hydrogens is 620 g/mol. The number of aromatic amines is 1. The van der Waals surface area contributed by atoms with Crippen LogP contribution >= 0.6 is 0 Å². The van der Waals surface area contributed by atoms with Gasteiger partial charge in [-0.15, -0.1) is 0 Å². The Bertz CT molecular complexity index is 1340. The number of rotatable bonds is 15. The summed E-state index contributed by atoms with van der Waals surface area (Å²) in [6.07, 6.45) is 4.48. The first-order valence-corrected chi connectivity index (χ1v) is 17.6. The number of urea groups is 1. The monoisotopic (exact) mass is 685 g/mol. The SMILES string of the molecule is CC(C)(C)c1ncc(-c2ccc(CNCCCN=C(N)N)cc2)c(=O)[nH]1.CCCOC[C@@H]1C[C@@H](NC(=O)NC(C)(C)C)CN1C[C@@H](C)CN. The van der Waals surface area contributed by atoms with E-state index in [4.69, 9.17) is 21.9 Å². The molecule has 2 heterocycles. The van der Waals surface area contributed by atoms with Gasteiger partial charge in [0.25, 0.3) is 5.56 Å². The van der Waals surface area contributed by atoms with Crippen LogP contribution < -0.4 is 38.7 Å². The van der Waals surface area contributed by atoms with Crippen molar-refractivity contribution in [3.63, 3.8) is 0 Å². The number of amides is 2. The van der Waals surface area contributed by atoms with Crippen LogP contribution in [-0.2, 0) is 16.7 Å². The third kappa shape index (κ3) is 16.2. The van der Waals surface area contributed by atoms with E-state index in [0.717, 1.165) is 69.8 Å². The standard InChI is InChI=1S/C19H28N6O.C17H36N4O2/c1-19(2,3)17-24-12-15(16(26)25-17)14-7-5-13(6-8-14)11-22-9-4-10-23-18(20)21;1-6-7-23-12-15-8-14(11-21(15)10-13(2)9-18)19-16(22)20-17(3,4)5/h5-8,12,22H,4,9-11H2,1-3H3,(H4,20,21,23)(H,24,25,26);13-15H,6-12,18H2,1-5H3,(H2,19,20,22)/t;13-,14+,15-/m.0/s1. The topological polar surface area (TPSA) is 202 Å². The van der Waals surface area contributed by atoms with Crippen molar-refractivity contribution in [2.75, 3.05) is 45.9 Å². The van der Waals surface area contributed by atoms with Gasteiger partial charge in [0, 0.05) is 62.0 Å². The van der Waals surface area contributed by atoms with Gasteiger partial charge in [-0.3, -0.25) is 14.7 Å². The van der Waals surface area contributed by atoms with Gasteiger partial charge in [0.15, 0.2) is 5.96 Å². The molecule has 3 atom stereocenters. The van der Waals surface area contributed by atoms with Crippen LogP contribution in [0.5, 0.6) is 0 Å². The van der Waals surface area contributed by atoms with Gasteiger partial charge < -0.3 is 42.9 Å². The van der Waals surface area contributed by atoms with Gasteiger partial charge >= 0.3 is 6.03 Å². The van der Waals surface area contributed by atoms with Gasteiger partial charge in [-0.25, -0.2) is 9.78 Å². The molecular formula is C36H64N10O3. The van der Waals surface area contributed by atoms with Crippen LogP contribution in [0.2, 0.25) is 0 Å². The highest BCUT2D eigenvalue weighted by atomic mass is 16.5. The summed E-state index contributed by atoms with van der Waals surface area (Å²) in [6.45, 7) is 22.5. The van der Waals surface area contributed by atoms with Crippen molar-refractivity contribution in [1.82, 2.24) is 30.8 Å². The Morgan fingerprint density at radius 3 is 2.43 bits per heavy atom. The Morgan fingerprint density at radius 1 is 1.16 bits per heavy atom. The minimum atomic E-state index is -0.222. The minimum Gasteiger partial charge on any atom is -0.380 e. The highest BCUT2D eigenvalue weighted by molar-refractivity contribution is 5.75. The van der Waals surface area contributed by atoms with Crippen molar-refractivity contribution in [3.05, 3.63) is 52.2 Å². The van der Waals surface area contributed by atoms with E-state index in [1.807, 2.05) is 65.8 Å². The summed E-state index contributed by atoms with van der Waals surface area (Å²) in [5.74, 6) is 1.26. The summed E-state index contributed by atoms with van der Waals surface area (Å²) in [5.41, 5.74) is 18.4. The lowest BCUT2D eigenvalue weighted by molar-refractivity contribution is 0.0727. The number of aromatic nitrogens is 2. The molecule has 1 fully saturated rings. The molecule has 49 heavy (non-hydrogen) atoms. The van der Waals surface area contributed by atoms with E-state index >= 15 is 0 Å². The summed E-state index contributed by atoms with van der Waals surface area (Å²) in [7, 11) is 0. The number of hydrogen-bond acceptors (Lipinski definition) is 8. The molecule has 1 aromatic carbocycles. The molecule has 1 aliphatic heterocycles. The van der Waals surface area contributed by atoms with E-state index in [0.29, 0.717) is 36.4 Å². The summed E-state index contributed by atoms with van der Waals surface area (Å²) in [5, 5.41) is 9.40. The van der Waals surface area contributed by atoms with Crippen LogP contribution in [0.25, 0.3) is 11.1 Å². The Balaban J connectivity index is 0.000000343. The third-order valence-electron chi connectivity index (χ3n) is 7.87. The molecule has 0 saturated carbocycles. The molecule has 2 aromatic rings. The first kappa shape index (κ1) is 41.7. The van der Waals surface area contributed by atoms with Crippen LogP contribution in [0.1, 0.15) is 86.0 Å². The first-order valence-electron chi connectivity index (χ1n) is 17.6. The molecule has 3 rings (SSSR count). The first-order chi connectivity index (χ1) is 23.0. The van der Waals surface area contributed by atoms with E-state index in [-0.39, 0.29) is 34.5 Å². The maximum atomic E-state index is 12.4. The average Bonchev–Trinajstić information content (AvgIpc) is 3.38. The number of guanidine groups is 1. The van der Waals surface area contributed by atoms with E-state index in [9.17, 15) is 9.59 Å². The largest absolute Gasteiger partial charge is 0.380 e. The number of nitrogens with zero attached hydrogens (tertiary/aromatic N) is 3. The van der Waals surface area contributed by atoms with Crippen LogP contribution in [0.4, 0.5) is 4.79 Å². The van der Waals surface area contributed by atoms with Gasteiger partial charge in [-0.2, -0.15) is 0 Å². The Kier molecular flexibility index (Phi) is 17.2. The second kappa shape index (κ2) is 20.2. The highest BCUT2D eigenvalue weighted by Crippen LogP contribution is 2.21. The summed E-state index contributed by atoms with van der Waals surface area (Å²) >= 11 is 0. The second-order valence-electron chi connectivity index (χ2n) is 15.1. The molecule has 0 radical (unpaired) electrons. The van der Waals surface area contributed by atoms with Crippen molar-refractivity contribution >= 4 is 12.0 Å². The lowest BCUT2D eigenvalue weighted by atomic mass is 9.95. The smallest absolute Gasteiger partial charge is 0.315 e. The van der Waals surface area contributed by atoms with Crippen molar-refractivity contribution in [3.8, 4) is 11.1 Å². The summed E-state index contributed by atoms with van der Waals surface area (Å²) in [6, 6.07) is 8.33. The lowest BCUT2D eigenvalue weighted by Gasteiger charge is -2.26. The van der Waals surface area contributed by atoms with Gasteiger partial charge in [0.05, 0.1) is 12.2 Å². The number of hydrogen-bond donors (Lipinski definition) is 7. The van der Waals surface area contributed by atoms with Gasteiger partial charge in [-0.05, 0) is 70.2 Å². The number of likely N-dealkylation sites (tertiary alicyclic amines) is 1. The molecule has 0 bridgehead atoms. The minimum absolute atomic E-state index is 0.0931. The number of ether oxygens (including phenoxy) is 1. The maximum Gasteiger partial charge on any atom is 0.315 e. The average molecular weight is 685 g/mol. The lowest BCUT2D eigenvalue weighted by Crippen LogP contribution is -2.50. The molecule has 276 valence electrons. The zero-order valence-electron chi connectivity index (χ0n) is 31.2. The normalized spacial score (nSPS) is 17.2. The third-order valence-corrected chi connectivity index (χ3v) is 7.87. The molecule has 0 unspecified atom stereocenters. The number of nitrogens with two attached hydrogens (primary N) is 3. The fourth-order valence-corrected chi connectivity index (χ4v) is 5.32. The van der Waals surface area contributed by atoms with Crippen molar-refractivity contribution in [2.24, 2.45) is 28.1 Å². The Labute approximate surface area is 293 Å². The number of nitrogens with one attached hydrogen (secondary N) is 4. The molecule has 13 heteroatoms. The number of carbonyl (C=O) groups is 1. The number of H-pyrrole nitrogens is 1. The predicted octanol–water partition coefficient (Wildman–Crippen LogP) is 3.04. The molecule has 1 saturated heterocycles. The fourth-order valence-electron chi connectivity index (χ4n) is 5.32. The molecule has 1 aliphatic rings. The van der Waals surface area contributed by atoms with E-state index in [1.165, 1.54) is 0 Å². The number of benzene rings is 1. The maximum absolute atomic E-state index is 12.4. The fraction of sp³-hybridized carbons (Fsp3) is 0.667. The van der Waals surface area contributed by atoms with E-state index in [1.54, 1.807) is 6.20 Å². The Hall–Kier alpha value is -3.52. The number of aliphatic imine (C=N–C) groups is 1. The Morgan fingerprint density at radius 2 is 1.86 bits per heavy atom. The van der Waals surface area contributed by atoms with E-state index < -0.39 is 0 Å². The van der Waals surface area contributed by atoms with Crippen LogP contribution in [-0.4, -0.2) is 90.4 Å². The highest BCUT2D eigenvalue weighted by Gasteiger charge is 2.34. The van der Waals surface area contributed by atoms with Gasteiger partial charge in [-0.1, -0.05) is 58.9 Å². The molecule has 2 amide bonds. The molecule has 1 aromatic heterocycles. The quantitative estimate of drug-likeness (QED) is 0.0836. The van der Waals surface area contributed by atoms with Crippen LogP contribution in [0, 0.1) is 5.92 Å². The van der Waals surface area contributed by atoms with Crippen molar-refractivity contribution < 1.29 is 9.53 Å². The zero-order chi connectivity index (χ0) is 36.6. The van der Waals surface area contributed by atoms with Crippen LogP contribution in [0.3, 0.4) is 0 Å². The molecule has 0 aliphatic carbocycles. The summed E-state index contributed by atoms with van der Waals surface area (Å²) in [4.78, 5) is 38.1. The number of carbonyl (C=O) groups excluding carboxylic acids is 1. The molecule has 10 N–H and O–H groups in total. The van der Waals surface area contributed by atoms with Crippen molar-refractivity contribution in [1.29, 1.82) is 0 Å². The van der Waals surface area contributed by atoms with Crippen molar-refractivity contribution in [2.45, 2.75) is 104 Å². The predicted molar refractivity (Wildman–Crippen MR) is 201 cm³/mol. The summed E-state index contributed by atoms with van der Waals surface area (Å²) < 4.78 is 5.74. The van der Waals surface area contributed by atoms with Crippen LogP contribution in [0.15, 0.2) is 40.2 Å². The van der Waals surface area contributed by atoms with E-state index in [2.05, 4.69) is 49.7 Å². The molecule has 0 spiro atoms. The second-order valence-corrected chi connectivity index (χ2v) is 15.1. The van der Waals surface area contributed by atoms with Gasteiger partial charge in [0.1, 0.15) is 5.82 Å². The zero-order valence-corrected chi connectivity index (χ0v) is 31.2.